The van der Waals surface area contributed by atoms with Crippen molar-refractivity contribution >= 4 is 32.5 Å². The van der Waals surface area contributed by atoms with Crippen LogP contribution in [0.5, 0.6) is 0 Å². The zero-order valence-electron chi connectivity index (χ0n) is 13.0. The maximum absolute atomic E-state index is 12.6. The molecule has 25 heavy (non-hydrogen) atoms. The second-order valence-corrected chi connectivity index (χ2v) is 7.63. The van der Waals surface area contributed by atoms with Gasteiger partial charge in [-0.05, 0) is 29.0 Å². The van der Waals surface area contributed by atoms with Crippen LogP contribution in [0.2, 0.25) is 0 Å². The number of carbonyl (C=O) groups is 2. The zero-order valence-corrected chi connectivity index (χ0v) is 13.9. The minimum absolute atomic E-state index is 0.0497. The van der Waals surface area contributed by atoms with E-state index in [1.165, 1.54) is 12.1 Å². The van der Waals surface area contributed by atoms with E-state index in [4.69, 9.17) is 0 Å². The van der Waals surface area contributed by atoms with Crippen LogP contribution in [-0.2, 0) is 10.0 Å². The number of benzene rings is 3. The van der Waals surface area contributed by atoms with Crippen LogP contribution in [0.3, 0.4) is 0 Å². The van der Waals surface area contributed by atoms with Gasteiger partial charge in [-0.15, -0.1) is 0 Å². The van der Waals surface area contributed by atoms with Crippen molar-refractivity contribution in [2.24, 2.45) is 0 Å². The molecule has 0 saturated carbocycles. The van der Waals surface area contributed by atoms with E-state index in [-0.39, 0.29) is 10.5 Å². The Labute approximate surface area is 144 Å². The first kappa shape index (κ1) is 15.5. The average molecular weight is 351 g/mol. The summed E-state index contributed by atoms with van der Waals surface area (Å²) in [5.41, 5.74) is 0.478. The van der Waals surface area contributed by atoms with Gasteiger partial charge in [-0.2, -0.15) is 0 Å². The number of hydrogen-bond donors (Lipinski definition) is 0. The lowest BCUT2D eigenvalue weighted by Gasteiger charge is -2.14. The summed E-state index contributed by atoms with van der Waals surface area (Å²) in [6.45, 7) is -0.506. The van der Waals surface area contributed by atoms with Gasteiger partial charge < -0.3 is 0 Å². The number of ketones is 1. The highest BCUT2D eigenvalue weighted by Gasteiger charge is 2.41. The van der Waals surface area contributed by atoms with Gasteiger partial charge in [0.25, 0.3) is 15.9 Å². The summed E-state index contributed by atoms with van der Waals surface area (Å²) in [6.07, 6.45) is 0. The van der Waals surface area contributed by atoms with E-state index in [0.29, 0.717) is 9.87 Å². The van der Waals surface area contributed by atoms with Gasteiger partial charge in [-0.3, -0.25) is 9.59 Å². The fraction of sp³-hybridized carbons (Fsp3) is 0.0526. The van der Waals surface area contributed by atoms with Crippen LogP contribution >= 0.6 is 0 Å². The van der Waals surface area contributed by atoms with Crippen molar-refractivity contribution in [2.45, 2.75) is 4.90 Å². The molecule has 5 nitrogen and oxygen atoms in total. The number of hydrogen-bond acceptors (Lipinski definition) is 4. The van der Waals surface area contributed by atoms with Crippen LogP contribution in [-0.4, -0.2) is 31.0 Å². The summed E-state index contributed by atoms with van der Waals surface area (Å²) in [5, 5.41) is 1.86. The summed E-state index contributed by atoms with van der Waals surface area (Å²) in [6, 6.07) is 18.7. The molecule has 3 aromatic carbocycles. The molecule has 3 aromatic rings. The van der Waals surface area contributed by atoms with E-state index in [1.54, 1.807) is 30.3 Å². The van der Waals surface area contributed by atoms with Crippen LogP contribution < -0.4 is 0 Å². The summed E-state index contributed by atoms with van der Waals surface area (Å²) in [7, 11) is -3.98. The molecular weight excluding hydrogens is 338 g/mol. The van der Waals surface area contributed by atoms with Gasteiger partial charge in [0.05, 0.1) is 5.56 Å². The van der Waals surface area contributed by atoms with Crippen LogP contribution in [0.4, 0.5) is 0 Å². The number of rotatable bonds is 3. The maximum atomic E-state index is 12.6. The molecule has 0 saturated heterocycles. The third kappa shape index (κ3) is 2.42. The molecule has 0 fully saturated rings. The molecule has 124 valence electrons. The van der Waals surface area contributed by atoms with Gasteiger partial charge in [-0.25, -0.2) is 12.7 Å². The Morgan fingerprint density at radius 2 is 1.56 bits per heavy atom. The molecule has 4 rings (SSSR count). The van der Waals surface area contributed by atoms with Crippen molar-refractivity contribution in [1.82, 2.24) is 4.31 Å². The lowest BCUT2D eigenvalue weighted by atomic mass is 10.0. The van der Waals surface area contributed by atoms with Gasteiger partial charge in [0.2, 0.25) is 0 Å². The van der Waals surface area contributed by atoms with Crippen LogP contribution in [0.15, 0.2) is 71.6 Å². The molecule has 0 bridgehead atoms. The van der Waals surface area contributed by atoms with E-state index in [0.717, 1.165) is 10.8 Å². The second-order valence-electron chi connectivity index (χ2n) is 5.80. The van der Waals surface area contributed by atoms with Crippen molar-refractivity contribution in [1.29, 1.82) is 0 Å². The Bertz CT molecular complexity index is 1130. The molecular formula is C19H13NO4S. The molecule has 0 atom stereocenters. The molecule has 6 heteroatoms. The number of nitrogens with zero attached hydrogens (tertiary/aromatic N) is 1. The molecule has 0 radical (unpaired) electrons. The molecule has 1 heterocycles. The SMILES string of the molecule is O=C(CN1C(=O)c2ccccc2S1(=O)=O)c1ccc2ccccc2c1. The van der Waals surface area contributed by atoms with Crippen molar-refractivity contribution < 1.29 is 18.0 Å². The average Bonchev–Trinajstić information content (AvgIpc) is 2.82. The number of Topliss-reactive ketones (excluding diaryl/α,β-unsaturated/α-hetero) is 1. The van der Waals surface area contributed by atoms with Crippen LogP contribution in [0, 0.1) is 0 Å². The standard InChI is InChI=1S/C19H13NO4S/c21-17(15-10-9-13-5-1-2-6-14(13)11-15)12-20-19(22)16-7-3-4-8-18(16)25(20,23)24/h1-11H,12H2. The Morgan fingerprint density at radius 3 is 2.32 bits per heavy atom. The number of amides is 1. The predicted octanol–water partition coefficient (Wildman–Crippen LogP) is 2.87. The smallest absolute Gasteiger partial charge is 0.269 e. The highest BCUT2D eigenvalue weighted by molar-refractivity contribution is 7.90. The lowest BCUT2D eigenvalue weighted by Crippen LogP contribution is -2.35. The van der Waals surface area contributed by atoms with Crippen molar-refractivity contribution in [3.8, 4) is 0 Å². The van der Waals surface area contributed by atoms with Crippen molar-refractivity contribution in [2.75, 3.05) is 6.54 Å². The number of carbonyl (C=O) groups excluding carboxylic acids is 2. The molecule has 0 aromatic heterocycles. The third-order valence-corrected chi connectivity index (χ3v) is 6.06. The van der Waals surface area contributed by atoms with Gasteiger partial charge >= 0.3 is 0 Å². The van der Waals surface area contributed by atoms with Crippen LogP contribution in [0.25, 0.3) is 10.8 Å². The summed E-state index contributed by atoms with van der Waals surface area (Å²) in [4.78, 5) is 24.9. The monoisotopic (exact) mass is 351 g/mol. The topological polar surface area (TPSA) is 71.5 Å². The highest BCUT2D eigenvalue weighted by atomic mass is 32.2. The summed E-state index contributed by atoms with van der Waals surface area (Å²) < 4.78 is 25.7. The van der Waals surface area contributed by atoms with Gasteiger partial charge in [0, 0.05) is 5.56 Å². The summed E-state index contributed by atoms with van der Waals surface area (Å²) >= 11 is 0. The summed E-state index contributed by atoms with van der Waals surface area (Å²) in [5.74, 6) is -1.08. The first-order chi connectivity index (χ1) is 12.0. The van der Waals surface area contributed by atoms with Crippen molar-refractivity contribution in [3.63, 3.8) is 0 Å². The minimum Gasteiger partial charge on any atom is -0.292 e. The fourth-order valence-corrected chi connectivity index (χ4v) is 4.50. The Kier molecular flexibility index (Phi) is 3.43. The molecule has 0 spiro atoms. The first-order valence-electron chi connectivity index (χ1n) is 7.66. The Balaban J connectivity index is 1.68. The third-order valence-electron chi connectivity index (χ3n) is 4.27. The first-order valence-corrected chi connectivity index (χ1v) is 9.10. The minimum atomic E-state index is -3.98. The van der Waals surface area contributed by atoms with Crippen molar-refractivity contribution in [3.05, 3.63) is 77.9 Å². The second kappa shape index (κ2) is 5.53. The van der Waals surface area contributed by atoms with E-state index in [9.17, 15) is 18.0 Å². The molecule has 1 aliphatic rings. The van der Waals surface area contributed by atoms with E-state index < -0.39 is 28.3 Å². The van der Waals surface area contributed by atoms with Gasteiger partial charge in [-0.1, -0.05) is 48.5 Å². The normalized spacial score (nSPS) is 15.4. The van der Waals surface area contributed by atoms with E-state index in [1.807, 2.05) is 24.3 Å². The number of fused-ring (bicyclic) bond motifs is 2. The van der Waals surface area contributed by atoms with Gasteiger partial charge in [0.1, 0.15) is 11.4 Å². The maximum Gasteiger partial charge on any atom is 0.269 e. The molecule has 1 aliphatic heterocycles. The molecule has 0 N–H and O–H groups in total. The molecule has 0 unspecified atom stereocenters. The quantitative estimate of drug-likeness (QED) is 0.680. The zero-order chi connectivity index (χ0) is 17.6. The largest absolute Gasteiger partial charge is 0.292 e. The lowest BCUT2D eigenvalue weighted by molar-refractivity contribution is 0.0820. The highest BCUT2D eigenvalue weighted by Crippen LogP contribution is 2.30. The molecule has 1 amide bonds. The van der Waals surface area contributed by atoms with E-state index in [2.05, 4.69) is 0 Å². The predicted molar refractivity (Wildman–Crippen MR) is 92.9 cm³/mol. The fourth-order valence-electron chi connectivity index (χ4n) is 2.97. The van der Waals surface area contributed by atoms with Crippen LogP contribution in [0.1, 0.15) is 20.7 Å². The Hall–Kier alpha value is -2.99. The van der Waals surface area contributed by atoms with Gasteiger partial charge in [0.15, 0.2) is 5.78 Å². The van der Waals surface area contributed by atoms with E-state index >= 15 is 0 Å². The number of sulfonamides is 1. The molecule has 0 aliphatic carbocycles. The Morgan fingerprint density at radius 1 is 0.880 bits per heavy atom.